The molecule has 4 heterocycles. The maximum atomic E-state index is 12.6. The Kier molecular flexibility index (Phi) is 5.89. The van der Waals surface area contributed by atoms with Crippen LogP contribution in [0.5, 0.6) is 0 Å². The van der Waals surface area contributed by atoms with Crippen LogP contribution in [0.4, 0.5) is 0 Å². The third kappa shape index (κ3) is 4.31. The molecule has 1 atom stereocenters. The fourth-order valence-electron chi connectivity index (χ4n) is 4.70. The third-order valence-corrected chi connectivity index (χ3v) is 6.66. The Morgan fingerprint density at radius 1 is 1.10 bits per heavy atom. The van der Waals surface area contributed by atoms with Crippen LogP contribution in [0.1, 0.15) is 24.8 Å². The average molecular weight is 406 g/mol. The van der Waals surface area contributed by atoms with Gasteiger partial charge in [0.15, 0.2) is 0 Å². The lowest BCUT2D eigenvalue weighted by Crippen LogP contribution is -2.44. The Bertz CT molecular complexity index is 849. The van der Waals surface area contributed by atoms with Gasteiger partial charge in [0.05, 0.1) is 18.6 Å². The number of aromatic nitrogens is 2. The van der Waals surface area contributed by atoms with Gasteiger partial charge in [0.25, 0.3) is 5.56 Å². The molecule has 1 aromatic heterocycles. The molecule has 1 unspecified atom stereocenters. The van der Waals surface area contributed by atoms with Crippen molar-refractivity contribution in [1.29, 1.82) is 0 Å². The summed E-state index contributed by atoms with van der Waals surface area (Å²) in [6.45, 7) is 6.49. The summed E-state index contributed by atoms with van der Waals surface area (Å²) in [7, 11) is 1.48. The summed E-state index contributed by atoms with van der Waals surface area (Å²) >= 11 is 0. The molecule has 29 heavy (non-hydrogen) atoms. The average Bonchev–Trinajstić information content (AvgIpc) is 3.02. The molecule has 1 aromatic rings. The molecular formula is C20H30N4O5. The third-order valence-electron chi connectivity index (χ3n) is 6.66. The second-order valence-corrected chi connectivity index (χ2v) is 8.50. The van der Waals surface area contributed by atoms with Crippen LogP contribution in [0, 0.1) is 5.41 Å². The van der Waals surface area contributed by atoms with Gasteiger partial charge in [0, 0.05) is 51.4 Å². The number of esters is 1. The van der Waals surface area contributed by atoms with Gasteiger partial charge < -0.3 is 19.4 Å². The van der Waals surface area contributed by atoms with E-state index in [0.29, 0.717) is 12.0 Å². The Morgan fingerprint density at radius 2 is 1.83 bits per heavy atom. The molecule has 160 valence electrons. The van der Waals surface area contributed by atoms with Crippen molar-refractivity contribution in [3.8, 4) is 0 Å². The minimum Gasteiger partial charge on any atom is -0.461 e. The maximum absolute atomic E-state index is 12.6. The lowest BCUT2D eigenvalue weighted by Gasteiger charge is -2.36. The largest absolute Gasteiger partial charge is 0.461 e. The summed E-state index contributed by atoms with van der Waals surface area (Å²) < 4.78 is 12.2. The molecule has 0 bridgehead atoms. The highest BCUT2D eigenvalue weighted by molar-refractivity contribution is 5.79. The first-order chi connectivity index (χ1) is 14.0. The van der Waals surface area contributed by atoms with E-state index < -0.39 is 5.69 Å². The number of morpholine rings is 1. The van der Waals surface area contributed by atoms with E-state index in [1.807, 2.05) is 0 Å². The second-order valence-electron chi connectivity index (χ2n) is 8.50. The van der Waals surface area contributed by atoms with Crippen molar-refractivity contribution in [3.05, 3.63) is 32.6 Å². The predicted molar refractivity (Wildman–Crippen MR) is 106 cm³/mol. The predicted octanol–water partition coefficient (Wildman–Crippen LogP) is -0.654. The summed E-state index contributed by atoms with van der Waals surface area (Å²) in [5.41, 5.74) is -0.377. The van der Waals surface area contributed by atoms with Crippen LogP contribution >= 0.6 is 0 Å². The highest BCUT2D eigenvalue weighted by Gasteiger charge is 2.50. The quantitative estimate of drug-likeness (QED) is 0.649. The maximum Gasteiger partial charge on any atom is 0.328 e. The zero-order valence-electron chi connectivity index (χ0n) is 17.0. The molecule has 9 nitrogen and oxygen atoms in total. The molecule has 0 saturated carbocycles. The molecule has 3 aliphatic rings. The Hall–Kier alpha value is -1.97. The molecule has 9 heteroatoms. The molecular weight excluding hydrogens is 376 g/mol. The number of carbonyl (C=O) groups is 1. The summed E-state index contributed by atoms with van der Waals surface area (Å²) in [6, 6.07) is 0. The van der Waals surface area contributed by atoms with Crippen molar-refractivity contribution in [2.75, 3.05) is 52.5 Å². The lowest BCUT2D eigenvalue weighted by atomic mass is 9.76. The summed E-state index contributed by atoms with van der Waals surface area (Å²) in [4.78, 5) is 43.5. The van der Waals surface area contributed by atoms with Crippen molar-refractivity contribution in [3.63, 3.8) is 0 Å². The van der Waals surface area contributed by atoms with E-state index in [0.717, 1.165) is 76.3 Å². The number of hydrogen-bond donors (Lipinski definition) is 1. The zero-order chi connectivity index (χ0) is 20.4. The molecule has 1 N–H and O–H groups in total. The monoisotopic (exact) mass is 406 g/mol. The number of aromatic amines is 1. The number of cyclic esters (lactones) is 1. The molecule has 3 fully saturated rings. The van der Waals surface area contributed by atoms with Crippen LogP contribution in [0.15, 0.2) is 15.8 Å². The van der Waals surface area contributed by atoms with E-state index in [-0.39, 0.29) is 23.0 Å². The van der Waals surface area contributed by atoms with Crippen molar-refractivity contribution in [1.82, 2.24) is 19.4 Å². The zero-order valence-corrected chi connectivity index (χ0v) is 17.0. The highest BCUT2D eigenvalue weighted by atomic mass is 16.6. The van der Waals surface area contributed by atoms with Crippen LogP contribution in [0.3, 0.4) is 0 Å². The lowest BCUT2D eigenvalue weighted by molar-refractivity contribution is -0.151. The molecule has 0 amide bonds. The fraction of sp³-hybridized carbons (Fsp3) is 0.750. The molecule has 0 aromatic carbocycles. The number of nitrogens with one attached hydrogen (secondary N) is 1. The van der Waals surface area contributed by atoms with E-state index in [9.17, 15) is 14.4 Å². The standard InChI is InChI=1S/C20H30N4O5/c1-22-17(25)15(13-21-19(22)27)2-5-23-6-3-20(4-7-23)12-16(29-18(20)26)14-24-8-10-28-11-9-24/h13,16H,2-12,14H2,1H3,(H,21,27). The summed E-state index contributed by atoms with van der Waals surface area (Å²) in [6.07, 6.45) is 4.49. The van der Waals surface area contributed by atoms with Gasteiger partial charge in [-0.05, 0) is 32.4 Å². The van der Waals surface area contributed by atoms with Gasteiger partial charge in [-0.3, -0.25) is 19.1 Å². The smallest absolute Gasteiger partial charge is 0.328 e. The van der Waals surface area contributed by atoms with Gasteiger partial charge in [0.2, 0.25) is 0 Å². The first kappa shape index (κ1) is 20.3. The van der Waals surface area contributed by atoms with Gasteiger partial charge in [0.1, 0.15) is 6.10 Å². The van der Waals surface area contributed by atoms with Crippen LogP contribution in [-0.2, 0) is 27.7 Å². The normalized spacial score (nSPS) is 25.4. The van der Waals surface area contributed by atoms with Crippen LogP contribution in [0.2, 0.25) is 0 Å². The minimum atomic E-state index is -0.398. The van der Waals surface area contributed by atoms with Crippen LogP contribution in [0.25, 0.3) is 0 Å². The number of hydrogen-bond acceptors (Lipinski definition) is 7. The Morgan fingerprint density at radius 3 is 2.55 bits per heavy atom. The SMILES string of the molecule is Cn1c(=O)[nH]cc(CCN2CCC3(CC2)CC(CN2CCOCC2)OC3=O)c1=O. The van der Waals surface area contributed by atoms with E-state index in [4.69, 9.17) is 9.47 Å². The Balaban J connectivity index is 1.28. The molecule has 3 saturated heterocycles. The van der Waals surface area contributed by atoms with Crippen molar-refractivity contribution < 1.29 is 14.3 Å². The molecule has 1 spiro atoms. The first-order valence-electron chi connectivity index (χ1n) is 10.5. The van der Waals surface area contributed by atoms with Crippen molar-refractivity contribution in [2.24, 2.45) is 12.5 Å². The molecule has 3 aliphatic heterocycles. The first-order valence-corrected chi connectivity index (χ1v) is 10.5. The number of nitrogens with zero attached hydrogens (tertiary/aromatic N) is 3. The number of H-pyrrole nitrogens is 1. The van der Waals surface area contributed by atoms with Crippen molar-refractivity contribution >= 4 is 5.97 Å². The van der Waals surface area contributed by atoms with Crippen LogP contribution < -0.4 is 11.2 Å². The van der Waals surface area contributed by atoms with Gasteiger partial charge in [-0.15, -0.1) is 0 Å². The number of ether oxygens (including phenoxy) is 2. The van der Waals surface area contributed by atoms with Gasteiger partial charge >= 0.3 is 11.7 Å². The van der Waals surface area contributed by atoms with Crippen molar-refractivity contribution in [2.45, 2.75) is 31.8 Å². The van der Waals surface area contributed by atoms with E-state index in [1.54, 1.807) is 0 Å². The minimum absolute atomic E-state index is 0.0173. The molecule has 0 aliphatic carbocycles. The number of likely N-dealkylation sites (tertiary alicyclic amines) is 1. The molecule has 4 rings (SSSR count). The van der Waals surface area contributed by atoms with Crippen LogP contribution in [-0.4, -0.2) is 83.9 Å². The van der Waals surface area contributed by atoms with E-state index >= 15 is 0 Å². The van der Waals surface area contributed by atoms with E-state index in [1.165, 1.54) is 13.2 Å². The van der Waals surface area contributed by atoms with Gasteiger partial charge in [-0.1, -0.05) is 0 Å². The topological polar surface area (TPSA) is 96.9 Å². The Labute approximate surface area is 169 Å². The fourth-order valence-corrected chi connectivity index (χ4v) is 4.70. The molecule has 0 radical (unpaired) electrons. The highest BCUT2D eigenvalue weighted by Crippen LogP contribution is 2.43. The second kappa shape index (κ2) is 8.41. The van der Waals surface area contributed by atoms with E-state index in [2.05, 4.69) is 14.8 Å². The number of carbonyl (C=O) groups excluding carboxylic acids is 1. The summed E-state index contributed by atoms with van der Waals surface area (Å²) in [5, 5.41) is 0. The summed E-state index contributed by atoms with van der Waals surface area (Å²) in [5.74, 6) is -0.0371. The van der Waals surface area contributed by atoms with Gasteiger partial charge in [-0.2, -0.15) is 0 Å². The number of piperidine rings is 1. The van der Waals surface area contributed by atoms with Gasteiger partial charge in [-0.25, -0.2) is 4.79 Å². The number of rotatable bonds is 5.